The molecule has 2 N–H and O–H groups in total. The molecule has 0 unspecified atom stereocenters. The fourth-order valence-electron chi connectivity index (χ4n) is 1.68. The van der Waals surface area contributed by atoms with Gasteiger partial charge in [-0.25, -0.2) is 4.98 Å². The maximum Gasteiger partial charge on any atom is 0.433 e. The molecular formula is C13H9F6N3O. The number of hydrogen-bond acceptors (Lipinski definition) is 3. The number of H-pyrrole nitrogens is 1. The van der Waals surface area contributed by atoms with Gasteiger partial charge in [0.05, 0.1) is 5.56 Å². The summed E-state index contributed by atoms with van der Waals surface area (Å²) >= 11 is 0. The molecule has 23 heavy (non-hydrogen) atoms. The summed E-state index contributed by atoms with van der Waals surface area (Å²) in [6.07, 6.45) is -9.25. The highest BCUT2D eigenvalue weighted by molar-refractivity contribution is 5.31. The SMILES string of the molecule is O=c1cc(C(F)(F)F)nc(NCc2ccc(C(F)(F)F)cc2)[nH]1. The van der Waals surface area contributed by atoms with Crippen LogP contribution in [-0.4, -0.2) is 9.97 Å². The molecule has 0 saturated heterocycles. The third-order valence-corrected chi connectivity index (χ3v) is 2.77. The molecule has 0 aliphatic heterocycles. The Morgan fingerprint density at radius 1 is 1.00 bits per heavy atom. The Balaban J connectivity index is 2.12. The normalized spacial score (nSPS) is 12.3. The van der Waals surface area contributed by atoms with Gasteiger partial charge in [0.1, 0.15) is 0 Å². The molecule has 4 nitrogen and oxygen atoms in total. The molecule has 10 heteroatoms. The van der Waals surface area contributed by atoms with Crippen LogP contribution < -0.4 is 10.9 Å². The fourth-order valence-corrected chi connectivity index (χ4v) is 1.68. The van der Waals surface area contributed by atoms with E-state index in [0.717, 1.165) is 12.1 Å². The van der Waals surface area contributed by atoms with Gasteiger partial charge in [-0.05, 0) is 17.7 Å². The van der Waals surface area contributed by atoms with E-state index < -0.39 is 35.1 Å². The number of aromatic nitrogens is 2. The number of aromatic amines is 1. The van der Waals surface area contributed by atoms with E-state index in [4.69, 9.17) is 0 Å². The van der Waals surface area contributed by atoms with Gasteiger partial charge in [0.25, 0.3) is 5.56 Å². The lowest BCUT2D eigenvalue weighted by Crippen LogP contribution is -2.18. The van der Waals surface area contributed by atoms with Gasteiger partial charge in [0.15, 0.2) is 5.69 Å². The van der Waals surface area contributed by atoms with Gasteiger partial charge in [-0.3, -0.25) is 9.78 Å². The topological polar surface area (TPSA) is 57.8 Å². The van der Waals surface area contributed by atoms with Gasteiger partial charge in [0, 0.05) is 12.6 Å². The van der Waals surface area contributed by atoms with Crippen LogP contribution in [0.3, 0.4) is 0 Å². The summed E-state index contributed by atoms with van der Waals surface area (Å²) < 4.78 is 74.8. The monoisotopic (exact) mass is 337 g/mol. The highest BCUT2D eigenvalue weighted by Gasteiger charge is 2.33. The molecule has 0 radical (unpaired) electrons. The molecule has 1 aromatic carbocycles. The van der Waals surface area contributed by atoms with Crippen LogP contribution in [0.5, 0.6) is 0 Å². The van der Waals surface area contributed by atoms with E-state index in [1.54, 1.807) is 0 Å². The lowest BCUT2D eigenvalue weighted by Gasteiger charge is -2.10. The first-order valence-corrected chi connectivity index (χ1v) is 6.14. The van der Waals surface area contributed by atoms with Crippen LogP contribution in [0.2, 0.25) is 0 Å². The predicted molar refractivity (Wildman–Crippen MR) is 68.6 cm³/mol. The third-order valence-electron chi connectivity index (χ3n) is 2.77. The zero-order chi connectivity index (χ0) is 17.3. The number of hydrogen-bond donors (Lipinski definition) is 2. The van der Waals surface area contributed by atoms with E-state index in [2.05, 4.69) is 15.3 Å². The van der Waals surface area contributed by atoms with E-state index >= 15 is 0 Å². The van der Waals surface area contributed by atoms with Crippen LogP contribution in [0, 0.1) is 0 Å². The number of anilines is 1. The quantitative estimate of drug-likeness (QED) is 0.844. The van der Waals surface area contributed by atoms with Crippen molar-refractivity contribution in [2.75, 3.05) is 5.32 Å². The molecule has 2 rings (SSSR count). The van der Waals surface area contributed by atoms with Gasteiger partial charge in [0.2, 0.25) is 5.95 Å². The Kier molecular flexibility index (Phi) is 4.35. The second-order valence-corrected chi connectivity index (χ2v) is 4.53. The lowest BCUT2D eigenvalue weighted by molar-refractivity contribution is -0.141. The minimum Gasteiger partial charge on any atom is -0.352 e. The van der Waals surface area contributed by atoms with Crippen molar-refractivity contribution in [1.29, 1.82) is 0 Å². The molecule has 124 valence electrons. The smallest absolute Gasteiger partial charge is 0.352 e. The van der Waals surface area contributed by atoms with Crippen LogP contribution in [-0.2, 0) is 18.9 Å². The van der Waals surface area contributed by atoms with Crippen molar-refractivity contribution >= 4 is 5.95 Å². The molecule has 0 bridgehead atoms. The summed E-state index contributed by atoms with van der Waals surface area (Å²) in [5.41, 5.74) is -2.83. The molecule has 0 saturated carbocycles. The van der Waals surface area contributed by atoms with E-state index in [-0.39, 0.29) is 6.54 Å². The van der Waals surface area contributed by atoms with Crippen molar-refractivity contribution in [2.24, 2.45) is 0 Å². The van der Waals surface area contributed by atoms with Gasteiger partial charge in [-0.2, -0.15) is 26.3 Å². The average Bonchev–Trinajstić information content (AvgIpc) is 2.43. The molecule has 1 aromatic heterocycles. The Hall–Kier alpha value is -2.52. The minimum absolute atomic E-state index is 0.109. The van der Waals surface area contributed by atoms with Crippen molar-refractivity contribution in [1.82, 2.24) is 9.97 Å². The number of rotatable bonds is 3. The highest BCUT2D eigenvalue weighted by Crippen LogP contribution is 2.29. The maximum absolute atomic E-state index is 12.5. The van der Waals surface area contributed by atoms with Crippen molar-refractivity contribution in [3.05, 3.63) is 57.5 Å². The van der Waals surface area contributed by atoms with Gasteiger partial charge < -0.3 is 5.32 Å². The molecule has 0 aliphatic carbocycles. The first-order chi connectivity index (χ1) is 10.6. The van der Waals surface area contributed by atoms with Crippen LogP contribution in [0.1, 0.15) is 16.8 Å². The average molecular weight is 337 g/mol. The summed E-state index contributed by atoms with van der Waals surface area (Å²) in [5, 5.41) is 2.42. The Morgan fingerprint density at radius 2 is 1.61 bits per heavy atom. The summed E-state index contributed by atoms with van der Waals surface area (Å²) in [6, 6.07) is 4.34. The second kappa shape index (κ2) is 5.94. The van der Waals surface area contributed by atoms with Crippen LogP contribution in [0.4, 0.5) is 32.3 Å². The lowest BCUT2D eigenvalue weighted by atomic mass is 10.1. The van der Waals surface area contributed by atoms with Crippen LogP contribution in [0.25, 0.3) is 0 Å². The first-order valence-electron chi connectivity index (χ1n) is 6.14. The zero-order valence-corrected chi connectivity index (χ0v) is 11.2. The molecule has 0 atom stereocenters. The van der Waals surface area contributed by atoms with E-state index in [1.165, 1.54) is 12.1 Å². The minimum atomic E-state index is -4.78. The number of halogens is 6. The molecule has 0 fully saturated rings. The molecular weight excluding hydrogens is 328 g/mol. The van der Waals surface area contributed by atoms with Gasteiger partial charge in [-0.1, -0.05) is 12.1 Å². The fraction of sp³-hybridized carbons (Fsp3) is 0.231. The second-order valence-electron chi connectivity index (χ2n) is 4.53. The zero-order valence-electron chi connectivity index (χ0n) is 11.2. The summed E-state index contributed by atoms with van der Waals surface area (Å²) in [4.78, 5) is 16.4. The Bertz CT molecular complexity index is 733. The Morgan fingerprint density at radius 3 is 2.13 bits per heavy atom. The van der Waals surface area contributed by atoms with Crippen molar-refractivity contribution in [2.45, 2.75) is 18.9 Å². The number of benzene rings is 1. The van der Waals surface area contributed by atoms with Crippen LogP contribution in [0.15, 0.2) is 35.1 Å². The number of nitrogens with one attached hydrogen (secondary N) is 2. The van der Waals surface area contributed by atoms with Gasteiger partial charge >= 0.3 is 12.4 Å². The third kappa shape index (κ3) is 4.47. The molecule has 1 heterocycles. The largest absolute Gasteiger partial charge is 0.433 e. The maximum atomic E-state index is 12.5. The van der Waals surface area contributed by atoms with Crippen molar-refractivity contribution < 1.29 is 26.3 Å². The van der Waals surface area contributed by atoms with E-state index in [1.807, 2.05) is 0 Å². The summed E-state index contributed by atoms with van der Waals surface area (Å²) in [5.74, 6) is -0.426. The predicted octanol–water partition coefficient (Wildman–Crippen LogP) is 3.42. The van der Waals surface area contributed by atoms with E-state index in [9.17, 15) is 31.1 Å². The first kappa shape index (κ1) is 16.8. The highest BCUT2D eigenvalue weighted by atomic mass is 19.4. The molecule has 0 spiro atoms. The summed E-state index contributed by atoms with van der Waals surface area (Å²) in [7, 11) is 0. The van der Waals surface area contributed by atoms with Crippen LogP contribution >= 0.6 is 0 Å². The number of nitrogens with zero attached hydrogens (tertiary/aromatic N) is 1. The van der Waals surface area contributed by atoms with Crippen molar-refractivity contribution in [3.8, 4) is 0 Å². The molecule has 0 amide bonds. The molecule has 2 aromatic rings. The van der Waals surface area contributed by atoms with Crippen molar-refractivity contribution in [3.63, 3.8) is 0 Å². The summed E-state index contributed by atoms with van der Waals surface area (Å²) in [6.45, 7) is -0.109. The Labute approximate surface area is 125 Å². The number of alkyl halides is 6. The van der Waals surface area contributed by atoms with Gasteiger partial charge in [-0.15, -0.1) is 0 Å². The van der Waals surface area contributed by atoms with E-state index in [0.29, 0.717) is 11.6 Å². The standard InChI is InChI=1S/C13H9F6N3O/c14-12(15,16)8-3-1-7(2-4-8)6-20-11-21-9(13(17,18)19)5-10(23)22-11/h1-5H,6H2,(H2,20,21,22,23). The molecule has 0 aliphatic rings.